The lowest BCUT2D eigenvalue weighted by molar-refractivity contribution is -0.125. The molecule has 1 amide bonds. The number of benzene rings is 1. The van der Waals surface area contributed by atoms with Crippen LogP contribution in [0.2, 0.25) is 5.02 Å². The molecule has 1 aliphatic carbocycles. The van der Waals surface area contributed by atoms with Gasteiger partial charge in [0.15, 0.2) is 5.82 Å². The van der Waals surface area contributed by atoms with E-state index in [0.717, 1.165) is 19.3 Å². The number of hydrogen-bond acceptors (Lipinski definition) is 2. The van der Waals surface area contributed by atoms with E-state index in [-0.39, 0.29) is 22.7 Å². The first kappa shape index (κ1) is 13.3. The van der Waals surface area contributed by atoms with Crippen molar-refractivity contribution in [2.45, 2.75) is 32.2 Å². The molecule has 0 radical (unpaired) electrons. The summed E-state index contributed by atoms with van der Waals surface area (Å²) in [5, 5.41) is 2.58. The normalized spacial score (nSPS) is 27.2. The number of nitrogens with one attached hydrogen (secondary N) is 1. The van der Waals surface area contributed by atoms with Gasteiger partial charge >= 0.3 is 0 Å². The van der Waals surface area contributed by atoms with Crippen LogP contribution in [-0.4, -0.2) is 11.9 Å². The zero-order chi connectivity index (χ0) is 13.3. The molecule has 2 unspecified atom stereocenters. The molecule has 0 aromatic heterocycles. The van der Waals surface area contributed by atoms with Gasteiger partial charge in [-0.25, -0.2) is 4.39 Å². The first-order valence-electron chi connectivity index (χ1n) is 5.96. The summed E-state index contributed by atoms with van der Waals surface area (Å²) in [4.78, 5) is 12.2. The van der Waals surface area contributed by atoms with Crippen LogP contribution in [-0.2, 0) is 4.79 Å². The molecule has 3 N–H and O–H groups in total. The minimum absolute atomic E-state index is 0.00586. The van der Waals surface area contributed by atoms with Crippen molar-refractivity contribution in [3.8, 4) is 0 Å². The van der Waals surface area contributed by atoms with Crippen molar-refractivity contribution in [1.82, 2.24) is 0 Å². The summed E-state index contributed by atoms with van der Waals surface area (Å²) in [7, 11) is 0. The Morgan fingerprint density at radius 3 is 2.94 bits per heavy atom. The Morgan fingerprint density at radius 1 is 1.61 bits per heavy atom. The largest absolute Gasteiger partial charge is 0.327 e. The van der Waals surface area contributed by atoms with Crippen molar-refractivity contribution in [3.63, 3.8) is 0 Å². The maximum Gasteiger partial charge on any atom is 0.231 e. The Balaban J connectivity index is 2.19. The maximum absolute atomic E-state index is 13.7. The van der Waals surface area contributed by atoms with Gasteiger partial charge in [-0.2, -0.15) is 0 Å². The summed E-state index contributed by atoms with van der Waals surface area (Å²) in [5.41, 5.74) is 5.43. The SMILES string of the molecule is CC1(C(=O)Nc2cccc(Cl)c2F)CCCC1N. The lowest BCUT2D eigenvalue weighted by Gasteiger charge is -2.27. The summed E-state index contributed by atoms with van der Waals surface area (Å²) < 4.78 is 13.7. The molecule has 0 spiro atoms. The van der Waals surface area contributed by atoms with E-state index in [4.69, 9.17) is 17.3 Å². The van der Waals surface area contributed by atoms with Crippen molar-refractivity contribution in [2.75, 3.05) is 5.32 Å². The molecule has 2 rings (SSSR count). The van der Waals surface area contributed by atoms with Crippen molar-refractivity contribution in [1.29, 1.82) is 0 Å². The van der Waals surface area contributed by atoms with Gasteiger partial charge in [-0.15, -0.1) is 0 Å². The smallest absolute Gasteiger partial charge is 0.231 e. The number of hydrogen-bond donors (Lipinski definition) is 2. The van der Waals surface area contributed by atoms with Crippen molar-refractivity contribution in [3.05, 3.63) is 29.0 Å². The molecule has 1 aromatic carbocycles. The highest BCUT2D eigenvalue weighted by Crippen LogP contribution is 2.38. The lowest BCUT2D eigenvalue weighted by Crippen LogP contribution is -2.44. The first-order chi connectivity index (χ1) is 8.45. The van der Waals surface area contributed by atoms with Crippen molar-refractivity contribution >= 4 is 23.2 Å². The fourth-order valence-electron chi connectivity index (χ4n) is 2.34. The predicted octanol–water partition coefficient (Wildman–Crippen LogP) is 2.94. The summed E-state index contributed by atoms with van der Waals surface area (Å²) in [6, 6.07) is 4.34. The Labute approximate surface area is 111 Å². The van der Waals surface area contributed by atoms with E-state index < -0.39 is 11.2 Å². The van der Waals surface area contributed by atoms with E-state index in [2.05, 4.69) is 5.32 Å². The van der Waals surface area contributed by atoms with Gasteiger partial charge in [-0.3, -0.25) is 4.79 Å². The summed E-state index contributed by atoms with van der Waals surface area (Å²) >= 11 is 5.67. The van der Waals surface area contributed by atoms with Crippen LogP contribution in [0.4, 0.5) is 10.1 Å². The van der Waals surface area contributed by atoms with Crippen molar-refractivity contribution in [2.24, 2.45) is 11.1 Å². The quantitative estimate of drug-likeness (QED) is 0.868. The number of carbonyl (C=O) groups is 1. The molecule has 98 valence electrons. The second-order valence-electron chi connectivity index (χ2n) is 4.97. The number of nitrogens with two attached hydrogens (primary N) is 1. The summed E-state index contributed by atoms with van der Waals surface area (Å²) in [5.74, 6) is -0.851. The highest BCUT2D eigenvalue weighted by atomic mass is 35.5. The number of carbonyl (C=O) groups excluding carboxylic acids is 1. The van der Waals surface area contributed by atoms with Crippen LogP contribution < -0.4 is 11.1 Å². The molecule has 2 atom stereocenters. The third-order valence-electron chi connectivity index (χ3n) is 3.75. The van der Waals surface area contributed by atoms with Gasteiger partial charge in [0, 0.05) is 6.04 Å². The molecule has 0 bridgehead atoms. The standard InChI is InChI=1S/C13H16ClFN2O/c1-13(7-3-6-10(13)16)12(18)17-9-5-2-4-8(14)11(9)15/h2,4-5,10H,3,6-7,16H2,1H3,(H,17,18). The summed E-state index contributed by atoms with van der Waals surface area (Å²) in [6.45, 7) is 1.82. The van der Waals surface area contributed by atoms with Crippen LogP contribution in [0, 0.1) is 11.2 Å². The van der Waals surface area contributed by atoms with E-state index in [1.165, 1.54) is 12.1 Å². The van der Waals surface area contributed by atoms with E-state index in [1.807, 2.05) is 6.92 Å². The van der Waals surface area contributed by atoms with Gasteiger partial charge in [0.2, 0.25) is 5.91 Å². The van der Waals surface area contributed by atoms with E-state index in [1.54, 1.807) is 6.07 Å². The molecular formula is C13H16ClFN2O. The third-order valence-corrected chi connectivity index (χ3v) is 4.04. The predicted molar refractivity (Wildman–Crippen MR) is 70.0 cm³/mol. The maximum atomic E-state index is 13.7. The highest BCUT2D eigenvalue weighted by Gasteiger charge is 2.43. The number of halogens is 2. The molecule has 1 aromatic rings. The molecule has 1 fully saturated rings. The van der Waals surface area contributed by atoms with Gasteiger partial charge < -0.3 is 11.1 Å². The molecule has 18 heavy (non-hydrogen) atoms. The molecule has 0 aliphatic heterocycles. The van der Waals surface area contributed by atoms with Crippen LogP contribution in [0.1, 0.15) is 26.2 Å². The van der Waals surface area contributed by atoms with Crippen LogP contribution in [0.25, 0.3) is 0 Å². The zero-order valence-electron chi connectivity index (χ0n) is 10.2. The van der Waals surface area contributed by atoms with Crippen LogP contribution in [0.15, 0.2) is 18.2 Å². The fourth-order valence-corrected chi connectivity index (χ4v) is 2.52. The second-order valence-corrected chi connectivity index (χ2v) is 5.38. The number of amides is 1. The molecule has 5 heteroatoms. The molecule has 1 saturated carbocycles. The Kier molecular flexibility index (Phi) is 3.59. The van der Waals surface area contributed by atoms with E-state index >= 15 is 0 Å². The molecule has 1 aliphatic rings. The lowest BCUT2D eigenvalue weighted by atomic mass is 9.84. The minimum Gasteiger partial charge on any atom is -0.327 e. The topological polar surface area (TPSA) is 55.1 Å². The van der Waals surface area contributed by atoms with Gasteiger partial charge in [0.25, 0.3) is 0 Å². The van der Waals surface area contributed by atoms with Crippen LogP contribution in [0.5, 0.6) is 0 Å². The average Bonchev–Trinajstić information content (AvgIpc) is 2.67. The average molecular weight is 271 g/mol. The van der Waals surface area contributed by atoms with Crippen LogP contribution in [0.3, 0.4) is 0 Å². The summed E-state index contributed by atoms with van der Waals surface area (Å²) in [6.07, 6.45) is 2.47. The highest BCUT2D eigenvalue weighted by molar-refractivity contribution is 6.31. The van der Waals surface area contributed by atoms with Gasteiger partial charge in [-0.1, -0.05) is 24.1 Å². The van der Waals surface area contributed by atoms with E-state index in [0.29, 0.717) is 0 Å². The Morgan fingerprint density at radius 2 is 2.33 bits per heavy atom. The number of rotatable bonds is 2. The third kappa shape index (κ3) is 2.22. The van der Waals surface area contributed by atoms with E-state index in [9.17, 15) is 9.18 Å². The molecule has 0 saturated heterocycles. The zero-order valence-corrected chi connectivity index (χ0v) is 10.9. The molecular weight excluding hydrogens is 255 g/mol. The Hall–Kier alpha value is -1.13. The molecule has 0 heterocycles. The van der Waals surface area contributed by atoms with Gasteiger partial charge in [0.1, 0.15) is 0 Å². The van der Waals surface area contributed by atoms with Crippen LogP contribution >= 0.6 is 11.6 Å². The van der Waals surface area contributed by atoms with Gasteiger partial charge in [0.05, 0.1) is 16.1 Å². The minimum atomic E-state index is -0.630. The van der Waals surface area contributed by atoms with Crippen molar-refractivity contribution < 1.29 is 9.18 Å². The Bertz CT molecular complexity index is 480. The van der Waals surface area contributed by atoms with Gasteiger partial charge in [-0.05, 0) is 31.9 Å². The molecule has 3 nitrogen and oxygen atoms in total. The number of anilines is 1. The fraction of sp³-hybridized carbons (Fsp3) is 0.462. The first-order valence-corrected chi connectivity index (χ1v) is 6.34. The monoisotopic (exact) mass is 270 g/mol. The second kappa shape index (κ2) is 4.86.